The van der Waals surface area contributed by atoms with Gasteiger partial charge in [-0.05, 0) is 91.7 Å². The normalized spacial score (nSPS) is 11.7. The molecule has 0 unspecified atom stereocenters. The van der Waals surface area contributed by atoms with Crippen LogP contribution < -0.4 is 38.2 Å². The van der Waals surface area contributed by atoms with Gasteiger partial charge in [-0.1, -0.05) is 179 Å². The van der Waals surface area contributed by atoms with E-state index in [9.17, 15) is 0 Å². The zero-order valence-electron chi connectivity index (χ0n) is 36.3. The van der Waals surface area contributed by atoms with Gasteiger partial charge in [0.25, 0.3) is 0 Å². The molecule has 12 rings (SSSR count). The molecule has 0 fully saturated rings. The summed E-state index contributed by atoms with van der Waals surface area (Å²) < 4.78 is 4.33. The fraction of sp³-hybridized carbons (Fsp3) is 0. The van der Waals surface area contributed by atoms with E-state index in [0.29, 0.717) is 43.8 Å². The quantitative estimate of drug-likeness (QED) is 0.156. The van der Waals surface area contributed by atoms with E-state index in [2.05, 4.69) is 150 Å². The van der Waals surface area contributed by atoms with Gasteiger partial charge in [-0.3, -0.25) is 0 Å². The van der Waals surface area contributed by atoms with Crippen LogP contribution in [-0.2, 0) is 0 Å². The molecule has 0 saturated heterocycles. The second-order valence-corrected chi connectivity index (χ2v) is 17.1. The van der Waals surface area contributed by atoms with Crippen molar-refractivity contribution in [2.45, 2.75) is 0 Å². The van der Waals surface area contributed by atoms with E-state index < -0.39 is 0 Å². The Labute approximate surface area is 398 Å². The molecule has 0 saturated carbocycles. The Kier molecular flexibility index (Phi) is 9.69. The summed E-state index contributed by atoms with van der Waals surface area (Å²) in [6.07, 6.45) is 0. The molecule has 294 valence electrons. The molecule has 12 aromatic rings. The number of benzene rings is 10. The van der Waals surface area contributed by atoms with Crippen molar-refractivity contribution in [1.82, 2.24) is 9.13 Å². The first-order valence-corrected chi connectivity index (χ1v) is 22.1. The Balaban J connectivity index is 1.16. The van der Waals surface area contributed by atoms with Gasteiger partial charge < -0.3 is 9.13 Å². The third-order valence-electron chi connectivity index (χ3n) is 13.5. The van der Waals surface area contributed by atoms with Crippen LogP contribution in [0.5, 0.6) is 0 Å². The van der Waals surface area contributed by atoms with Crippen molar-refractivity contribution in [2.75, 3.05) is 0 Å². The third-order valence-corrected chi connectivity index (χ3v) is 13.5. The van der Waals surface area contributed by atoms with Crippen molar-refractivity contribution in [3.05, 3.63) is 188 Å². The van der Waals surface area contributed by atoms with E-state index in [4.69, 9.17) is 54.9 Å². The van der Waals surface area contributed by atoms with Crippen LogP contribution in [0, 0.1) is 0 Å². The monoisotopic (exact) mass is 832 g/mol. The van der Waals surface area contributed by atoms with Gasteiger partial charge in [0.15, 0.2) is 0 Å². The molecule has 2 nitrogen and oxygen atoms in total. The Bertz CT molecular complexity index is 3990. The number of hydrogen-bond acceptors (Lipinski definition) is 0. The van der Waals surface area contributed by atoms with E-state index in [0.717, 1.165) is 82.9 Å². The SMILES string of the molecule is [B]c1c([B])c([B])c2c(c1[B])c1c([B])c(-c3ccc4c(c3)c3c(-c5ccccc5)cccc3n4-c3cccc(-c4ccccc4)c3)c([B])c([B])c1n2-c1ccc(-c2ccccc2)c2ccccc12. The summed E-state index contributed by atoms with van der Waals surface area (Å²) in [6.45, 7) is 0. The largest absolute Gasteiger partial charge is 0.310 e. The van der Waals surface area contributed by atoms with Gasteiger partial charge in [0.2, 0.25) is 0 Å². The summed E-state index contributed by atoms with van der Waals surface area (Å²) in [7, 11) is 49.5. The van der Waals surface area contributed by atoms with Crippen molar-refractivity contribution >= 4 is 148 Å². The maximum absolute atomic E-state index is 7.52. The van der Waals surface area contributed by atoms with E-state index in [1.165, 1.54) is 0 Å². The Morgan fingerprint density at radius 2 is 0.851 bits per heavy atom. The van der Waals surface area contributed by atoms with Crippen LogP contribution >= 0.6 is 0 Å². The highest BCUT2D eigenvalue weighted by Crippen LogP contribution is 2.42. The first kappa shape index (κ1) is 41.0. The molecule has 2 heterocycles. The van der Waals surface area contributed by atoms with Crippen LogP contribution in [0.25, 0.3) is 110 Å². The average Bonchev–Trinajstić information content (AvgIpc) is 3.91. The van der Waals surface area contributed by atoms with E-state index in [1.54, 1.807) is 0 Å². The molecule has 67 heavy (non-hydrogen) atoms. The lowest BCUT2D eigenvalue weighted by molar-refractivity contribution is 1.18. The summed E-state index contributed by atoms with van der Waals surface area (Å²) in [5, 5.41) is 5.20. The van der Waals surface area contributed by atoms with Gasteiger partial charge in [-0.25, -0.2) is 0 Å². The van der Waals surface area contributed by atoms with Crippen molar-refractivity contribution in [2.24, 2.45) is 0 Å². The summed E-state index contributed by atoms with van der Waals surface area (Å²) in [5.74, 6) is 0. The second-order valence-electron chi connectivity index (χ2n) is 17.1. The minimum Gasteiger partial charge on any atom is -0.310 e. The number of aromatic nitrogens is 2. The Morgan fingerprint density at radius 3 is 1.55 bits per heavy atom. The molecule has 9 heteroatoms. The fourth-order valence-electron chi connectivity index (χ4n) is 10.4. The minimum absolute atomic E-state index is 0.170. The highest BCUT2D eigenvalue weighted by atomic mass is 15.0. The topological polar surface area (TPSA) is 9.86 Å². The van der Waals surface area contributed by atoms with Gasteiger partial charge in [0.1, 0.15) is 54.9 Å². The van der Waals surface area contributed by atoms with Gasteiger partial charge in [-0.15, -0.1) is 10.9 Å². The first-order valence-electron chi connectivity index (χ1n) is 22.1. The fourth-order valence-corrected chi connectivity index (χ4v) is 10.4. The predicted molar refractivity (Wildman–Crippen MR) is 292 cm³/mol. The average molecular weight is 832 g/mol. The van der Waals surface area contributed by atoms with Gasteiger partial charge >= 0.3 is 0 Å². The zero-order chi connectivity index (χ0) is 45.7. The molecule has 10 aromatic carbocycles. The summed E-state index contributed by atoms with van der Waals surface area (Å²) in [4.78, 5) is 0. The van der Waals surface area contributed by atoms with Crippen molar-refractivity contribution in [3.8, 4) is 55.9 Å². The van der Waals surface area contributed by atoms with Crippen molar-refractivity contribution in [1.29, 1.82) is 0 Å². The summed E-state index contributed by atoms with van der Waals surface area (Å²) >= 11 is 0. The molecule has 0 aliphatic carbocycles. The second kappa shape index (κ2) is 15.8. The molecule has 0 amide bonds. The third kappa shape index (κ3) is 6.21. The number of hydrogen-bond donors (Lipinski definition) is 0. The minimum atomic E-state index is 0.170. The maximum Gasteiger partial charge on any atom is 0.115 e. The van der Waals surface area contributed by atoms with E-state index in [-0.39, 0.29) is 21.9 Å². The zero-order valence-corrected chi connectivity index (χ0v) is 36.3. The van der Waals surface area contributed by atoms with Crippen LogP contribution in [0.15, 0.2) is 188 Å². The van der Waals surface area contributed by atoms with Gasteiger partial charge in [-0.2, -0.15) is 0 Å². The molecule has 0 bridgehead atoms. The molecule has 0 atom stereocenters. The van der Waals surface area contributed by atoms with E-state index >= 15 is 0 Å². The Morgan fingerprint density at radius 1 is 0.284 bits per heavy atom. The summed E-state index contributed by atoms with van der Waals surface area (Å²) in [6, 6.07) is 65.1. The first-order chi connectivity index (χ1) is 32.7. The van der Waals surface area contributed by atoms with Crippen LogP contribution in [0.4, 0.5) is 0 Å². The molecular formula is C58H31B7N2. The summed E-state index contributed by atoms with van der Waals surface area (Å²) in [5.41, 5.74) is 14.8. The lowest BCUT2D eigenvalue weighted by Crippen LogP contribution is -2.48. The molecular weight excluding hydrogens is 800 g/mol. The smallest absolute Gasteiger partial charge is 0.115 e. The molecule has 0 aliphatic heterocycles. The van der Waals surface area contributed by atoms with Gasteiger partial charge in [0.05, 0.1) is 16.7 Å². The highest BCUT2D eigenvalue weighted by molar-refractivity contribution is 6.69. The number of rotatable bonds is 6. The van der Waals surface area contributed by atoms with Crippen LogP contribution in [-0.4, -0.2) is 64.1 Å². The number of nitrogens with zero attached hydrogens (tertiary/aromatic N) is 2. The number of fused-ring (bicyclic) bond motifs is 7. The highest BCUT2D eigenvalue weighted by Gasteiger charge is 2.26. The maximum atomic E-state index is 7.52. The van der Waals surface area contributed by atoms with Crippen molar-refractivity contribution in [3.63, 3.8) is 0 Å². The molecule has 0 spiro atoms. The Hall–Kier alpha value is -7.49. The molecule has 2 aromatic heterocycles. The molecule has 0 aliphatic rings. The lowest BCUT2D eigenvalue weighted by atomic mass is 9.64. The van der Waals surface area contributed by atoms with Crippen LogP contribution in [0.1, 0.15) is 0 Å². The molecule has 0 N–H and O–H groups in total. The van der Waals surface area contributed by atoms with Gasteiger partial charge in [0, 0.05) is 38.3 Å². The van der Waals surface area contributed by atoms with Crippen molar-refractivity contribution < 1.29 is 0 Å². The van der Waals surface area contributed by atoms with Crippen LogP contribution in [0.2, 0.25) is 0 Å². The lowest BCUT2D eigenvalue weighted by Gasteiger charge is -2.20. The van der Waals surface area contributed by atoms with Crippen LogP contribution in [0.3, 0.4) is 0 Å². The van der Waals surface area contributed by atoms with E-state index in [1.807, 2.05) is 47.0 Å². The molecule has 14 radical (unpaired) electrons. The standard InChI is InChI=1S/C58H31B7N2/c59-50-46(36-26-28-44-42(31-36)47-39(34-18-8-3-9-19-34)24-13-25-45(47)66(44)37-21-12-20-35(30-37)32-14-4-1-5-15-32)51(60)55(64)57-48(50)49-52(61)53(62)54(63)56(65)58(49)67(57)43-29-27-38(33-16-6-2-7-17-33)40-22-10-11-23-41(40)43/h1-31H. The predicted octanol–water partition coefficient (Wildman–Crippen LogP) is 7.26.